The number of allylic oxidation sites excluding steroid dienone is 1. The Morgan fingerprint density at radius 2 is 0.971 bits per heavy atom. The van der Waals surface area contributed by atoms with Gasteiger partial charge in [-0.3, -0.25) is 0 Å². The normalized spacial score (nSPS) is 17.4. The minimum Gasteiger partial charge on any atom is -0.452 e. The van der Waals surface area contributed by atoms with E-state index in [4.69, 9.17) is 33.2 Å². The first-order valence-corrected chi connectivity index (χ1v) is 23.5. The van der Waals surface area contributed by atoms with Gasteiger partial charge in [0.25, 0.3) is 0 Å². The van der Waals surface area contributed by atoms with Crippen LogP contribution in [-0.4, -0.2) is 118 Å². The average molecular weight is 1000 g/mol. The molecule has 0 aromatic carbocycles. The van der Waals surface area contributed by atoms with Gasteiger partial charge in [0.2, 0.25) is 0 Å². The van der Waals surface area contributed by atoms with Crippen LogP contribution in [0.4, 0.5) is 0 Å². The van der Waals surface area contributed by atoms with Gasteiger partial charge in [-0.1, -0.05) is 51.3 Å². The summed E-state index contributed by atoms with van der Waals surface area (Å²) in [5.41, 5.74) is -0.754. The molecule has 1 atom stereocenters. The summed E-state index contributed by atoms with van der Waals surface area (Å²) in [5.74, 6) is -6.45. The second kappa shape index (κ2) is 30.3. The highest BCUT2D eigenvalue weighted by molar-refractivity contribution is 7.10. The smallest absolute Gasteiger partial charge is 0.345 e. The molecule has 0 radical (unpaired) electrons. The number of thiophene rings is 1. The number of carbonyl (C=O) groups is 9. The van der Waals surface area contributed by atoms with Crippen molar-refractivity contribution in [2.75, 3.05) is 52.9 Å². The molecular weight excluding hydrogens is 937 g/mol. The van der Waals surface area contributed by atoms with Gasteiger partial charge in [0.15, 0.2) is 45.2 Å². The van der Waals surface area contributed by atoms with Crippen molar-refractivity contribution in [3.05, 3.63) is 83.2 Å². The third-order valence-corrected chi connectivity index (χ3v) is 11.6. The molecule has 0 bridgehead atoms. The molecule has 386 valence electrons. The van der Waals surface area contributed by atoms with Crippen LogP contribution in [-0.2, 0) is 96.1 Å². The zero-order valence-electron chi connectivity index (χ0n) is 40.8. The number of esters is 9. The van der Waals surface area contributed by atoms with Crippen LogP contribution in [0.25, 0.3) is 0 Å². The molecule has 0 amide bonds. The predicted molar refractivity (Wildman–Crippen MR) is 251 cm³/mol. The maximum Gasteiger partial charge on any atom is 0.345 e. The fraction of sp³-hybridized carbons (Fsp3) is 0.540. The van der Waals surface area contributed by atoms with E-state index in [1.165, 1.54) is 32.1 Å². The first kappa shape index (κ1) is 59.7. The fourth-order valence-electron chi connectivity index (χ4n) is 6.94. The molecule has 4 rings (SSSR count). The van der Waals surface area contributed by atoms with Crippen molar-refractivity contribution in [3.63, 3.8) is 0 Å². The summed E-state index contributed by atoms with van der Waals surface area (Å²) >= 11 is 1.47. The summed E-state index contributed by atoms with van der Waals surface area (Å²) < 4.78 is 50.0. The second-order valence-electron chi connectivity index (χ2n) is 16.7. The van der Waals surface area contributed by atoms with Gasteiger partial charge in [-0.15, -0.1) is 11.3 Å². The van der Waals surface area contributed by atoms with E-state index in [-0.39, 0.29) is 23.3 Å². The molecule has 1 aromatic rings. The molecule has 2 heterocycles. The molecular formula is C50H66O19S. The van der Waals surface area contributed by atoms with Gasteiger partial charge in [0.1, 0.15) is 11.2 Å². The third-order valence-electron chi connectivity index (χ3n) is 10.6. The van der Waals surface area contributed by atoms with E-state index >= 15 is 0 Å². The SMILES string of the molecule is C=C(C)C(=O)OCC(=O)OCC(=O)OC1(/C=C/C)CCCCC1.C=C(C)C(=O)OCC(=O)OCC(=O)OC1(C(=C)C)CCCCC1.C=C(C)C(=O)OCC(=O)OCC(=O)OC1(c2cccs2)CCOC1. The maximum atomic E-state index is 12.0. The summed E-state index contributed by atoms with van der Waals surface area (Å²) in [6.45, 7) is 19.7. The number of hydrogen-bond donors (Lipinski definition) is 0. The molecule has 19 nitrogen and oxygen atoms in total. The molecule has 2 saturated carbocycles. The summed E-state index contributed by atoms with van der Waals surface area (Å²) in [7, 11) is 0. The van der Waals surface area contributed by atoms with Crippen molar-refractivity contribution in [3.8, 4) is 0 Å². The molecule has 3 aliphatic rings. The molecule has 1 unspecified atom stereocenters. The number of hydrogen-bond acceptors (Lipinski definition) is 20. The zero-order valence-corrected chi connectivity index (χ0v) is 41.6. The van der Waals surface area contributed by atoms with Crippen LogP contribution in [0.2, 0.25) is 0 Å². The van der Waals surface area contributed by atoms with Crippen molar-refractivity contribution >= 4 is 65.1 Å². The zero-order chi connectivity index (χ0) is 52.3. The number of rotatable bonds is 21. The maximum absolute atomic E-state index is 12.0. The van der Waals surface area contributed by atoms with Crippen molar-refractivity contribution in [2.24, 2.45) is 0 Å². The summed E-state index contributed by atoms with van der Waals surface area (Å²) in [6.07, 6.45) is 13.5. The van der Waals surface area contributed by atoms with Crippen LogP contribution in [0.3, 0.4) is 0 Å². The minimum absolute atomic E-state index is 0.168. The van der Waals surface area contributed by atoms with E-state index in [9.17, 15) is 43.2 Å². The lowest BCUT2D eigenvalue weighted by atomic mass is 9.80. The van der Waals surface area contributed by atoms with E-state index in [1.54, 1.807) is 0 Å². The number of carbonyl (C=O) groups excluding carboxylic acids is 9. The highest BCUT2D eigenvalue weighted by Gasteiger charge is 2.42. The Balaban J connectivity index is 0.000000360. The van der Waals surface area contributed by atoms with Crippen LogP contribution >= 0.6 is 11.3 Å². The van der Waals surface area contributed by atoms with E-state index in [0.717, 1.165) is 74.7 Å². The predicted octanol–water partition coefficient (Wildman–Crippen LogP) is 6.51. The van der Waals surface area contributed by atoms with Gasteiger partial charge >= 0.3 is 53.7 Å². The van der Waals surface area contributed by atoms with Crippen LogP contribution in [0.15, 0.2) is 78.3 Å². The Morgan fingerprint density at radius 3 is 1.34 bits per heavy atom. The molecule has 1 saturated heterocycles. The van der Waals surface area contributed by atoms with Crippen molar-refractivity contribution in [1.82, 2.24) is 0 Å². The van der Waals surface area contributed by atoms with E-state index in [1.807, 2.05) is 43.5 Å². The molecule has 0 N–H and O–H groups in total. The highest BCUT2D eigenvalue weighted by atomic mass is 32.1. The molecule has 3 fully saturated rings. The Bertz CT molecular complexity index is 2060. The van der Waals surface area contributed by atoms with Crippen molar-refractivity contribution in [2.45, 2.75) is 122 Å². The average Bonchev–Trinajstić information content (AvgIpc) is 4.05. The van der Waals surface area contributed by atoms with Gasteiger partial charge in [0.05, 0.1) is 18.1 Å². The van der Waals surface area contributed by atoms with Gasteiger partial charge in [-0.2, -0.15) is 0 Å². The first-order valence-electron chi connectivity index (χ1n) is 22.6. The fourth-order valence-corrected chi connectivity index (χ4v) is 7.82. The standard InChI is InChI=1S/2C17H24O6.C16H18O7S/c1-12(2)16(20)22-10-14(18)21-11-15(19)23-17(13(3)4)8-6-5-7-9-17;1-4-8-17(9-6-5-7-10-17)23-15(19)12-21-14(18)11-22-16(20)13(2)3;1-11(2)15(19)22-8-13(17)21-9-14(18)23-16(5-6-20-10-16)12-4-3-7-24-12/h1,3,5-11H2,2,4H3;4,8H,2,5-7,9-12H2,1,3H3;3-4,7H,1,5-6,8-10H2,2H3/b;8-4+;. The molecule has 1 aliphatic heterocycles. The van der Waals surface area contributed by atoms with Crippen molar-refractivity contribution in [1.29, 1.82) is 0 Å². The summed E-state index contributed by atoms with van der Waals surface area (Å²) in [4.78, 5) is 104. The van der Waals surface area contributed by atoms with Crippen LogP contribution in [0.5, 0.6) is 0 Å². The monoisotopic (exact) mass is 1000 g/mol. The molecule has 20 heteroatoms. The van der Waals surface area contributed by atoms with Gasteiger partial charge < -0.3 is 47.4 Å². The van der Waals surface area contributed by atoms with Crippen LogP contribution < -0.4 is 0 Å². The first-order chi connectivity index (χ1) is 33.1. The van der Waals surface area contributed by atoms with Gasteiger partial charge in [0, 0.05) is 23.1 Å². The summed E-state index contributed by atoms with van der Waals surface area (Å²) in [5, 5.41) is 1.89. The van der Waals surface area contributed by atoms with Crippen molar-refractivity contribution < 1.29 is 90.5 Å². The lowest BCUT2D eigenvalue weighted by Gasteiger charge is -2.37. The van der Waals surface area contributed by atoms with E-state index < -0.39 is 110 Å². The van der Waals surface area contributed by atoms with Gasteiger partial charge in [-0.05, 0) is 109 Å². The lowest BCUT2D eigenvalue weighted by Crippen LogP contribution is -2.39. The Labute approximate surface area is 412 Å². The molecule has 1 aromatic heterocycles. The Morgan fingerprint density at radius 1 is 0.557 bits per heavy atom. The van der Waals surface area contributed by atoms with Crippen LogP contribution in [0, 0.1) is 0 Å². The molecule has 0 spiro atoms. The Kier molecular flexibility index (Phi) is 25.8. The van der Waals surface area contributed by atoms with Crippen LogP contribution in [0.1, 0.15) is 110 Å². The molecule has 2 aliphatic carbocycles. The minimum atomic E-state index is -0.839. The highest BCUT2D eigenvalue weighted by Crippen LogP contribution is 2.38. The topological polar surface area (TPSA) is 246 Å². The summed E-state index contributed by atoms with van der Waals surface area (Å²) in [6, 6.07) is 3.74. The number of ether oxygens (including phenoxy) is 10. The van der Waals surface area contributed by atoms with Gasteiger partial charge in [-0.25, -0.2) is 43.2 Å². The molecule has 70 heavy (non-hydrogen) atoms. The van der Waals surface area contributed by atoms with E-state index in [0.29, 0.717) is 13.0 Å². The quantitative estimate of drug-likeness (QED) is 0.0551. The van der Waals surface area contributed by atoms with E-state index in [2.05, 4.69) is 40.5 Å². The third kappa shape index (κ3) is 21.5. The lowest BCUT2D eigenvalue weighted by molar-refractivity contribution is -0.173. The second-order valence-corrected chi connectivity index (χ2v) is 17.7. The Hall–Kier alpha value is -6.41. The largest absolute Gasteiger partial charge is 0.452 e.